The molecule has 1 heterocycles. The number of rotatable bonds is 3. The van der Waals surface area contributed by atoms with Gasteiger partial charge in [-0.3, -0.25) is 0 Å². The third kappa shape index (κ3) is 2.10. The van der Waals surface area contributed by atoms with Crippen LogP contribution < -0.4 is 0 Å². The smallest absolute Gasteiger partial charge is 0.358 e. The molecule has 0 amide bonds. The van der Waals surface area contributed by atoms with Gasteiger partial charge in [0, 0.05) is 10.9 Å². The number of hydrogen-bond acceptors (Lipinski definition) is 3. The summed E-state index contributed by atoms with van der Waals surface area (Å²) < 4.78 is 1.63. The summed E-state index contributed by atoms with van der Waals surface area (Å²) in [6.07, 6.45) is 1.97. The van der Waals surface area contributed by atoms with Crippen LogP contribution in [-0.2, 0) is 0 Å². The van der Waals surface area contributed by atoms with Crippen molar-refractivity contribution >= 4 is 17.6 Å². The minimum atomic E-state index is -1.03. The number of carbonyl (C=O) groups is 1. The SMILES string of the molecule is Cc1cc(Cl)ccc1-n1nnc(C(=O)O)c1C1CC1. The van der Waals surface area contributed by atoms with Crippen LogP contribution in [0.25, 0.3) is 5.69 Å². The Hall–Kier alpha value is -1.88. The molecule has 0 radical (unpaired) electrons. The first-order valence-electron chi connectivity index (χ1n) is 6.03. The van der Waals surface area contributed by atoms with Gasteiger partial charge in [0.1, 0.15) is 0 Å². The Morgan fingerprint density at radius 1 is 1.47 bits per heavy atom. The number of aromatic carboxylic acids is 1. The number of halogens is 1. The van der Waals surface area contributed by atoms with Crippen LogP contribution in [0.5, 0.6) is 0 Å². The first kappa shape index (κ1) is 12.2. The van der Waals surface area contributed by atoms with Crippen molar-refractivity contribution in [2.45, 2.75) is 25.7 Å². The van der Waals surface area contributed by atoms with Gasteiger partial charge in [-0.1, -0.05) is 16.8 Å². The monoisotopic (exact) mass is 277 g/mol. The minimum Gasteiger partial charge on any atom is -0.476 e. The summed E-state index contributed by atoms with van der Waals surface area (Å²) in [5.41, 5.74) is 2.51. The molecule has 2 aromatic rings. The van der Waals surface area contributed by atoms with Gasteiger partial charge in [0.05, 0.1) is 11.4 Å². The number of aromatic nitrogens is 3. The molecule has 1 saturated carbocycles. The van der Waals surface area contributed by atoms with E-state index in [2.05, 4.69) is 10.3 Å². The van der Waals surface area contributed by atoms with E-state index in [0.29, 0.717) is 10.7 Å². The highest BCUT2D eigenvalue weighted by Gasteiger charge is 2.34. The summed E-state index contributed by atoms with van der Waals surface area (Å²) in [5.74, 6) is -0.782. The van der Waals surface area contributed by atoms with Crippen molar-refractivity contribution in [3.63, 3.8) is 0 Å². The molecule has 1 aliphatic rings. The lowest BCUT2D eigenvalue weighted by atomic mass is 10.1. The van der Waals surface area contributed by atoms with Crippen LogP contribution in [0.4, 0.5) is 0 Å². The number of hydrogen-bond donors (Lipinski definition) is 1. The maximum absolute atomic E-state index is 11.2. The standard InChI is InChI=1S/C13H12ClN3O2/c1-7-6-9(14)4-5-10(7)17-12(8-2-3-8)11(13(18)19)15-16-17/h4-6,8H,2-3H2,1H3,(H,18,19). The first-order valence-corrected chi connectivity index (χ1v) is 6.41. The van der Waals surface area contributed by atoms with E-state index in [1.54, 1.807) is 10.7 Å². The van der Waals surface area contributed by atoms with Crippen LogP contribution in [0.15, 0.2) is 18.2 Å². The number of carboxylic acid groups (broad SMARTS) is 1. The van der Waals surface area contributed by atoms with Gasteiger partial charge < -0.3 is 5.11 Å². The Balaban J connectivity index is 2.17. The average molecular weight is 278 g/mol. The molecule has 6 heteroatoms. The summed E-state index contributed by atoms with van der Waals surface area (Å²) >= 11 is 5.94. The third-order valence-corrected chi connectivity index (χ3v) is 3.49. The van der Waals surface area contributed by atoms with Crippen LogP contribution in [0.3, 0.4) is 0 Å². The number of nitrogens with zero attached hydrogens (tertiary/aromatic N) is 3. The Morgan fingerprint density at radius 3 is 2.79 bits per heavy atom. The van der Waals surface area contributed by atoms with E-state index in [1.165, 1.54) is 0 Å². The summed E-state index contributed by atoms with van der Waals surface area (Å²) in [4.78, 5) is 11.2. The van der Waals surface area contributed by atoms with Crippen molar-refractivity contribution in [1.82, 2.24) is 15.0 Å². The average Bonchev–Trinajstić information content (AvgIpc) is 3.08. The Kier molecular flexibility index (Phi) is 2.78. The van der Waals surface area contributed by atoms with Gasteiger partial charge in [0.15, 0.2) is 5.69 Å². The molecule has 0 bridgehead atoms. The first-order chi connectivity index (χ1) is 9.08. The summed E-state index contributed by atoms with van der Waals surface area (Å²) in [6, 6.07) is 5.43. The highest BCUT2D eigenvalue weighted by Crippen LogP contribution is 2.42. The molecule has 0 aliphatic heterocycles. The van der Waals surface area contributed by atoms with Crippen LogP contribution >= 0.6 is 11.6 Å². The van der Waals surface area contributed by atoms with E-state index in [-0.39, 0.29) is 11.6 Å². The maximum Gasteiger partial charge on any atom is 0.358 e. The van der Waals surface area contributed by atoms with Gasteiger partial charge in [-0.15, -0.1) is 5.10 Å². The van der Waals surface area contributed by atoms with Gasteiger partial charge >= 0.3 is 5.97 Å². The quantitative estimate of drug-likeness (QED) is 0.937. The van der Waals surface area contributed by atoms with E-state index >= 15 is 0 Å². The fraction of sp³-hybridized carbons (Fsp3) is 0.308. The molecular weight excluding hydrogens is 266 g/mol. The zero-order valence-electron chi connectivity index (χ0n) is 10.3. The van der Waals surface area contributed by atoms with E-state index in [1.807, 2.05) is 19.1 Å². The Bertz CT molecular complexity index is 662. The topological polar surface area (TPSA) is 68.0 Å². The number of carboxylic acids is 1. The number of benzene rings is 1. The molecule has 3 rings (SSSR count). The van der Waals surface area contributed by atoms with Crippen molar-refractivity contribution < 1.29 is 9.90 Å². The van der Waals surface area contributed by atoms with Crippen molar-refractivity contribution in [2.75, 3.05) is 0 Å². The molecule has 1 aromatic carbocycles. The predicted molar refractivity (Wildman–Crippen MR) is 70.0 cm³/mol. The Labute approximate surface area is 114 Å². The van der Waals surface area contributed by atoms with Gasteiger partial charge in [-0.2, -0.15) is 0 Å². The highest BCUT2D eigenvalue weighted by molar-refractivity contribution is 6.30. The molecule has 1 fully saturated rings. The van der Waals surface area contributed by atoms with Crippen molar-refractivity contribution in [3.8, 4) is 5.69 Å². The molecule has 0 spiro atoms. The van der Waals surface area contributed by atoms with Crippen molar-refractivity contribution in [3.05, 3.63) is 40.2 Å². The summed E-state index contributed by atoms with van der Waals surface area (Å²) in [5, 5.41) is 17.6. The predicted octanol–water partition coefficient (Wildman–Crippen LogP) is 2.80. The lowest BCUT2D eigenvalue weighted by molar-refractivity contribution is 0.0689. The second-order valence-corrected chi connectivity index (χ2v) is 5.18. The van der Waals surface area contributed by atoms with E-state index in [9.17, 15) is 9.90 Å². The van der Waals surface area contributed by atoms with Gasteiger partial charge in [0.2, 0.25) is 0 Å². The molecular formula is C13H12ClN3O2. The lowest BCUT2D eigenvalue weighted by Crippen LogP contribution is -2.06. The minimum absolute atomic E-state index is 0.0526. The normalized spacial score (nSPS) is 14.6. The second-order valence-electron chi connectivity index (χ2n) is 4.75. The zero-order chi connectivity index (χ0) is 13.6. The fourth-order valence-corrected chi connectivity index (χ4v) is 2.43. The van der Waals surface area contributed by atoms with Crippen molar-refractivity contribution in [2.24, 2.45) is 0 Å². The molecule has 5 nitrogen and oxygen atoms in total. The van der Waals surface area contributed by atoms with Gasteiger partial charge in [0.25, 0.3) is 0 Å². The van der Waals surface area contributed by atoms with E-state index in [4.69, 9.17) is 11.6 Å². The summed E-state index contributed by atoms with van der Waals surface area (Å²) in [6.45, 7) is 1.92. The van der Waals surface area contributed by atoms with Crippen LogP contribution in [-0.4, -0.2) is 26.1 Å². The molecule has 0 unspecified atom stereocenters. The molecule has 0 atom stereocenters. The largest absolute Gasteiger partial charge is 0.476 e. The molecule has 1 aliphatic carbocycles. The fourth-order valence-electron chi connectivity index (χ4n) is 2.20. The third-order valence-electron chi connectivity index (χ3n) is 3.26. The van der Waals surface area contributed by atoms with Crippen LogP contribution in [0.2, 0.25) is 5.02 Å². The van der Waals surface area contributed by atoms with E-state index in [0.717, 1.165) is 24.1 Å². The lowest BCUT2D eigenvalue weighted by Gasteiger charge is -2.09. The number of aryl methyl sites for hydroxylation is 1. The van der Waals surface area contributed by atoms with Crippen LogP contribution in [0.1, 0.15) is 40.5 Å². The zero-order valence-corrected chi connectivity index (χ0v) is 11.1. The van der Waals surface area contributed by atoms with Crippen molar-refractivity contribution in [1.29, 1.82) is 0 Å². The Morgan fingerprint density at radius 2 is 2.21 bits per heavy atom. The molecule has 98 valence electrons. The highest BCUT2D eigenvalue weighted by atomic mass is 35.5. The molecule has 1 aromatic heterocycles. The maximum atomic E-state index is 11.2. The summed E-state index contributed by atoms with van der Waals surface area (Å²) in [7, 11) is 0. The van der Waals surface area contributed by atoms with E-state index < -0.39 is 5.97 Å². The molecule has 0 saturated heterocycles. The molecule has 1 N–H and O–H groups in total. The van der Waals surface area contributed by atoms with Gasteiger partial charge in [-0.05, 0) is 43.5 Å². The van der Waals surface area contributed by atoms with Crippen LogP contribution in [0, 0.1) is 6.92 Å². The molecule has 19 heavy (non-hydrogen) atoms. The van der Waals surface area contributed by atoms with Gasteiger partial charge in [-0.25, -0.2) is 9.48 Å². The second kappa shape index (κ2) is 4.35.